The zero-order valence-electron chi connectivity index (χ0n) is 10.1. The second kappa shape index (κ2) is 4.62. The molecule has 0 aromatic carbocycles. The fourth-order valence-electron chi connectivity index (χ4n) is 1.99. The van der Waals surface area contributed by atoms with Gasteiger partial charge in [0, 0.05) is 0 Å². The van der Waals surface area contributed by atoms with E-state index in [1.165, 1.54) is 0 Å². The van der Waals surface area contributed by atoms with E-state index < -0.39 is 0 Å². The maximum absolute atomic E-state index is 10.6. The van der Waals surface area contributed by atoms with E-state index in [9.17, 15) is 9.90 Å². The largest absolute Gasteiger partial charge is 0.393 e. The first-order valence-electron chi connectivity index (χ1n) is 5.72. The molecule has 0 aliphatic carbocycles. The fourth-order valence-corrected chi connectivity index (χ4v) is 1.99. The molecule has 0 saturated carbocycles. The Morgan fingerprint density at radius 2 is 2.13 bits per heavy atom. The summed E-state index contributed by atoms with van der Waals surface area (Å²) in [7, 11) is 0. The Kier molecular flexibility index (Phi) is 3.90. The molecule has 1 aliphatic heterocycles. The first kappa shape index (κ1) is 12.7. The number of hydrogen-bond donors (Lipinski definition) is 1. The van der Waals surface area contributed by atoms with Crippen molar-refractivity contribution in [2.24, 2.45) is 11.3 Å². The number of aliphatic hydroxyl groups is 1. The Balaban J connectivity index is 2.50. The van der Waals surface area contributed by atoms with E-state index in [1.807, 2.05) is 6.92 Å². The van der Waals surface area contributed by atoms with Gasteiger partial charge in [0.05, 0.1) is 12.2 Å². The summed E-state index contributed by atoms with van der Waals surface area (Å²) in [6, 6.07) is 0. The van der Waals surface area contributed by atoms with Crippen LogP contribution in [-0.4, -0.2) is 29.7 Å². The highest BCUT2D eigenvalue weighted by molar-refractivity contribution is 5.61. The molecular formula is C12H22O3. The number of epoxide rings is 1. The highest BCUT2D eigenvalue weighted by Crippen LogP contribution is 2.44. The fraction of sp³-hybridized carbons (Fsp3) is 0.917. The lowest BCUT2D eigenvalue weighted by molar-refractivity contribution is -0.108. The Morgan fingerprint density at radius 1 is 1.53 bits per heavy atom. The SMILES string of the molecule is CCC(O)CC(C)C(C)(C)C1OC1C=O. The van der Waals surface area contributed by atoms with Crippen LogP contribution in [-0.2, 0) is 9.53 Å². The molecule has 1 aliphatic rings. The average molecular weight is 214 g/mol. The quantitative estimate of drug-likeness (QED) is 0.541. The zero-order chi connectivity index (χ0) is 11.6. The lowest BCUT2D eigenvalue weighted by Crippen LogP contribution is -2.32. The summed E-state index contributed by atoms with van der Waals surface area (Å²) in [4.78, 5) is 10.6. The van der Waals surface area contributed by atoms with Gasteiger partial charge in [0.2, 0.25) is 0 Å². The molecule has 4 atom stereocenters. The van der Waals surface area contributed by atoms with E-state index in [2.05, 4.69) is 20.8 Å². The third-order valence-electron chi connectivity index (χ3n) is 3.76. The molecular weight excluding hydrogens is 192 g/mol. The van der Waals surface area contributed by atoms with Crippen LogP contribution in [0.4, 0.5) is 0 Å². The van der Waals surface area contributed by atoms with Crippen molar-refractivity contribution in [1.29, 1.82) is 0 Å². The molecule has 3 nitrogen and oxygen atoms in total. The Hall–Kier alpha value is -0.410. The number of hydrogen-bond acceptors (Lipinski definition) is 3. The Bertz CT molecular complexity index is 225. The van der Waals surface area contributed by atoms with Crippen molar-refractivity contribution >= 4 is 6.29 Å². The van der Waals surface area contributed by atoms with Crippen molar-refractivity contribution < 1.29 is 14.6 Å². The standard InChI is InChI=1S/C12H22O3/c1-5-9(14)6-8(2)12(3,4)11-10(7-13)15-11/h7-11,14H,5-6H2,1-4H3. The van der Waals surface area contributed by atoms with Gasteiger partial charge in [0.1, 0.15) is 6.10 Å². The van der Waals surface area contributed by atoms with E-state index in [0.29, 0.717) is 5.92 Å². The maximum atomic E-state index is 10.6. The van der Waals surface area contributed by atoms with Crippen LogP contribution in [0.1, 0.15) is 40.5 Å². The summed E-state index contributed by atoms with van der Waals surface area (Å²) >= 11 is 0. The zero-order valence-corrected chi connectivity index (χ0v) is 10.1. The van der Waals surface area contributed by atoms with E-state index in [0.717, 1.165) is 19.1 Å². The van der Waals surface area contributed by atoms with Gasteiger partial charge >= 0.3 is 0 Å². The summed E-state index contributed by atoms with van der Waals surface area (Å²) in [5.74, 6) is 0.349. The predicted molar refractivity (Wildman–Crippen MR) is 58.6 cm³/mol. The number of carbonyl (C=O) groups is 1. The molecule has 0 aromatic rings. The van der Waals surface area contributed by atoms with Gasteiger partial charge < -0.3 is 14.6 Å². The van der Waals surface area contributed by atoms with Crippen LogP contribution in [0.3, 0.4) is 0 Å². The molecule has 1 heterocycles. The monoisotopic (exact) mass is 214 g/mol. The van der Waals surface area contributed by atoms with Gasteiger partial charge in [0.25, 0.3) is 0 Å². The number of carbonyl (C=O) groups excluding carboxylic acids is 1. The first-order chi connectivity index (χ1) is 6.93. The summed E-state index contributed by atoms with van der Waals surface area (Å²) in [6.07, 6.45) is 2.00. The molecule has 1 N–H and O–H groups in total. The smallest absolute Gasteiger partial charge is 0.151 e. The normalized spacial score (nSPS) is 29.7. The summed E-state index contributed by atoms with van der Waals surface area (Å²) in [5, 5.41) is 9.61. The number of aldehydes is 1. The van der Waals surface area contributed by atoms with E-state index >= 15 is 0 Å². The van der Waals surface area contributed by atoms with Crippen LogP contribution >= 0.6 is 0 Å². The van der Waals surface area contributed by atoms with Crippen molar-refractivity contribution in [3.8, 4) is 0 Å². The molecule has 0 spiro atoms. The third-order valence-corrected chi connectivity index (χ3v) is 3.76. The van der Waals surface area contributed by atoms with Crippen molar-refractivity contribution in [1.82, 2.24) is 0 Å². The second-order valence-corrected chi connectivity index (χ2v) is 5.18. The highest BCUT2D eigenvalue weighted by atomic mass is 16.6. The highest BCUT2D eigenvalue weighted by Gasteiger charge is 2.51. The predicted octanol–water partition coefficient (Wildman–Crippen LogP) is 1.78. The van der Waals surface area contributed by atoms with Gasteiger partial charge in [-0.15, -0.1) is 0 Å². The molecule has 1 fully saturated rings. The summed E-state index contributed by atoms with van der Waals surface area (Å²) < 4.78 is 5.32. The van der Waals surface area contributed by atoms with Gasteiger partial charge in [-0.1, -0.05) is 27.7 Å². The van der Waals surface area contributed by atoms with Crippen molar-refractivity contribution in [2.75, 3.05) is 0 Å². The molecule has 4 unspecified atom stereocenters. The molecule has 1 saturated heterocycles. The molecule has 0 bridgehead atoms. The molecule has 88 valence electrons. The molecule has 1 rings (SSSR count). The molecule has 3 heteroatoms. The molecule has 0 aromatic heterocycles. The summed E-state index contributed by atoms with van der Waals surface area (Å²) in [6.45, 7) is 8.30. The van der Waals surface area contributed by atoms with Crippen molar-refractivity contribution in [3.05, 3.63) is 0 Å². The number of ether oxygens (including phenoxy) is 1. The minimum Gasteiger partial charge on any atom is -0.393 e. The van der Waals surface area contributed by atoms with Crippen LogP contribution in [0.25, 0.3) is 0 Å². The second-order valence-electron chi connectivity index (χ2n) is 5.18. The van der Waals surface area contributed by atoms with Crippen LogP contribution < -0.4 is 0 Å². The van der Waals surface area contributed by atoms with Crippen molar-refractivity contribution in [3.63, 3.8) is 0 Å². The lowest BCUT2D eigenvalue weighted by atomic mass is 9.73. The van der Waals surface area contributed by atoms with Gasteiger partial charge in [0.15, 0.2) is 6.29 Å². The number of rotatable bonds is 6. The van der Waals surface area contributed by atoms with Gasteiger partial charge in [-0.2, -0.15) is 0 Å². The molecule has 0 amide bonds. The first-order valence-corrected chi connectivity index (χ1v) is 5.72. The molecule has 0 radical (unpaired) electrons. The third kappa shape index (κ3) is 2.79. The summed E-state index contributed by atoms with van der Waals surface area (Å²) in [5.41, 5.74) is -0.0400. The van der Waals surface area contributed by atoms with Crippen LogP contribution in [0.2, 0.25) is 0 Å². The number of aliphatic hydroxyl groups excluding tert-OH is 1. The van der Waals surface area contributed by atoms with Gasteiger partial charge in [-0.05, 0) is 24.2 Å². The topological polar surface area (TPSA) is 49.8 Å². The van der Waals surface area contributed by atoms with E-state index in [4.69, 9.17) is 4.74 Å². The van der Waals surface area contributed by atoms with Crippen molar-refractivity contribution in [2.45, 2.75) is 58.8 Å². The van der Waals surface area contributed by atoms with Crippen LogP contribution in [0, 0.1) is 11.3 Å². The Morgan fingerprint density at radius 3 is 2.53 bits per heavy atom. The average Bonchev–Trinajstić information content (AvgIpc) is 2.96. The maximum Gasteiger partial charge on any atom is 0.151 e. The van der Waals surface area contributed by atoms with E-state index in [-0.39, 0.29) is 23.7 Å². The lowest BCUT2D eigenvalue weighted by Gasteiger charge is -2.31. The van der Waals surface area contributed by atoms with E-state index in [1.54, 1.807) is 0 Å². The van der Waals surface area contributed by atoms with Crippen LogP contribution in [0.5, 0.6) is 0 Å². The minimum atomic E-state index is -0.243. The van der Waals surface area contributed by atoms with Gasteiger partial charge in [-0.3, -0.25) is 0 Å². The van der Waals surface area contributed by atoms with Gasteiger partial charge in [-0.25, -0.2) is 0 Å². The Labute approximate surface area is 91.8 Å². The van der Waals surface area contributed by atoms with Crippen LogP contribution in [0.15, 0.2) is 0 Å². The minimum absolute atomic E-state index is 0.0362. The molecule has 15 heavy (non-hydrogen) atoms.